The maximum absolute atomic E-state index is 13.1. The van der Waals surface area contributed by atoms with Crippen LogP contribution < -0.4 is 5.56 Å². The number of rotatable bonds is 3. The lowest BCUT2D eigenvalue weighted by Crippen LogP contribution is -2.20. The Hall–Kier alpha value is -2.80. The number of benzene rings is 1. The molecular weight excluding hydrogens is 329 g/mol. The van der Waals surface area contributed by atoms with E-state index in [1.54, 1.807) is 18.2 Å². The van der Waals surface area contributed by atoms with E-state index in [0.717, 1.165) is 16.8 Å². The maximum atomic E-state index is 13.1. The van der Waals surface area contributed by atoms with Crippen molar-refractivity contribution in [1.82, 2.24) is 14.7 Å². The molecule has 0 atom stereocenters. The molecule has 0 aliphatic heterocycles. The minimum Gasteiger partial charge on any atom is -0.359 e. The van der Waals surface area contributed by atoms with Crippen molar-refractivity contribution >= 4 is 21.6 Å². The van der Waals surface area contributed by atoms with Crippen molar-refractivity contribution in [2.24, 2.45) is 0 Å². The third-order valence-electron chi connectivity index (χ3n) is 3.72. The highest BCUT2D eigenvalue weighted by molar-refractivity contribution is 7.17. The molecule has 0 bridgehead atoms. The van der Waals surface area contributed by atoms with Crippen molar-refractivity contribution in [3.63, 3.8) is 0 Å². The first-order valence-electron chi connectivity index (χ1n) is 7.26. The van der Waals surface area contributed by atoms with Crippen LogP contribution in [0.1, 0.15) is 11.5 Å². The first-order chi connectivity index (χ1) is 11.6. The van der Waals surface area contributed by atoms with E-state index >= 15 is 0 Å². The summed E-state index contributed by atoms with van der Waals surface area (Å²) in [4.78, 5) is 17.9. The van der Waals surface area contributed by atoms with E-state index in [2.05, 4.69) is 10.1 Å². The molecular formula is C17H12FN3O2S. The highest BCUT2D eigenvalue weighted by Gasteiger charge is 2.14. The summed E-state index contributed by atoms with van der Waals surface area (Å²) in [6.45, 7) is 2.09. The summed E-state index contributed by atoms with van der Waals surface area (Å²) in [7, 11) is 0. The number of aryl methyl sites for hydroxylation is 1. The standard InChI is InChI=1S/C17H12FN3O2S/c1-10-6-13(23-20-10)7-21-9-19-16-15(17(21)22)14(8-24-16)11-2-4-12(18)5-3-11/h2-6,8-9H,7H2,1H3. The monoisotopic (exact) mass is 341 g/mol. The normalized spacial score (nSPS) is 11.2. The fourth-order valence-corrected chi connectivity index (χ4v) is 3.49. The lowest BCUT2D eigenvalue weighted by molar-refractivity contribution is 0.371. The Balaban J connectivity index is 1.84. The number of hydrogen-bond acceptors (Lipinski definition) is 5. The van der Waals surface area contributed by atoms with Crippen LogP contribution in [-0.4, -0.2) is 14.7 Å². The van der Waals surface area contributed by atoms with Gasteiger partial charge in [0.05, 0.1) is 24.0 Å². The minimum absolute atomic E-state index is 0.158. The second-order valence-corrected chi connectivity index (χ2v) is 6.31. The topological polar surface area (TPSA) is 60.9 Å². The van der Waals surface area contributed by atoms with E-state index in [1.807, 2.05) is 12.3 Å². The second-order valence-electron chi connectivity index (χ2n) is 5.45. The van der Waals surface area contributed by atoms with Crippen molar-refractivity contribution in [3.8, 4) is 11.1 Å². The molecule has 24 heavy (non-hydrogen) atoms. The lowest BCUT2D eigenvalue weighted by Gasteiger charge is -2.04. The predicted octanol–water partition coefficient (Wildman–Crippen LogP) is 3.61. The summed E-state index contributed by atoms with van der Waals surface area (Å²) in [5.74, 6) is 0.281. The quantitative estimate of drug-likeness (QED) is 0.571. The third kappa shape index (κ3) is 2.52. The van der Waals surface area contributed by atoms with Crippen molar-refractivity contribution in [2.75, 3.05) is 0 Å². The molecule has 0 fully saturated rings. The molecule has 0 unspecified atom stereocenters. The van der Waals surface area contributed by atoms with Crippen LogP contribution in [0, 0.1) is 12.7 Å². The Morgan fingerprint density at radius 3 is 2.79 bits per heavy atom. The van der Waals surface area contributed by atoms with Gasteiger partial charge in [0.1, 0.15) is 10.6 Å². The van der Waals surface area contributed by atoms with Gasteiger partial charge >= 0.3 is 0 Å². The summed E-state index contributed by atoms with van der Waals surface area (Å²) in [6, 6.07) is 7.86. The van der Waals surface area contributed by atoms with Crippen LogP contribution in [0.4, 0.5) is 4.39 Å². The number of thiophene rings is 1. The Bertz CT molecular complexity index is 1080. The number of halogens is 1. The van der Waals surface area contributed by atoms with Crippen molar-refractivity contribution in [2.45, 2.75) is 13.5 Å². The number of hydrogen-bond donors (Lipinski definition) is 0. The highest BCUT2D eigenvalue weighted by Crippen LogP contribution is 2.30. The maximum Gasteiger partial charge on any atom is 0.263 e. The van der Waals surface area contributed by atoms with Crippen molar-refractivity contribution < 1.29 is 8.91 Å². The van der Waals surface area contributed by atoms with Crippen LogP contribution in [-0.2, 0) is 6.54 Å². The highest BCUT2D eigenvalue weighted by atomic mass is 32.1. The fourth-order valence-electron chi connectivity index (χ4n) is 2.58. The molecule has 5 nitrogen and oxygen atoms in total. The van der Waals surface area contributed by atoms with Crippen LogP contribution in [0.25, 0.3) is 21.3 Å². The van der Waals surface area contributed by atoms with Gasteiger partial charge in [0, 0.05) is 17.0 Å². The summed E-state index contributed by atoms with van der Waals surface area (Å²) in [5.41, 5.74) is 2.15. The van der Waals surface area contributed by atoms with E-state index < -0.39 is 0 Å². The Morgan fingerprint density at radius 2 is 2.08 bits per heavy atom. The molecule has 4 aromatic rings. The SMILES string of the molecule is Cc1cc(Cn2cnc3scc(-c4ccc(F)cc4)c3c2=O)on1. The van der Waals surface area contributed by atoms with Gasteiger partial charge < -0.3 is 4.52 Å². The van der Waals surface area contributed by atoms with E-state index in [4.69, 9.17) is 4.52 Å². The van der Waals surface area contributed by atoms with E-state index in [1.165, 1.54) is 34.4 Å². The fraction of sp³-hybridized carbons (Fsp3) is 0.118. The molecule has 120 valence electrons. The van der Waals surface area contributed by atoms with Gasteiger partial charge in [0.25, 0.3) is 5.56 Å². The first kappa shape index (κ1) is 14.8. The molecule has 7 heteroatoms. The molecule has 0 saturated heterocycles. The Labute approximate surface area is 140 Å². The van der Waals surface area contributed by atoms with Gasteiger partial charge in [-0.25, -0.2) is 9.37 Å². The molecule has 0 amide bonds. The number of aromatic nitrogens is 3. The second kappa shape index (κ2) is 5.68. The molecule has 0 aliphatic carbocycles. The Morgan fingerprint density at radius 1 is 1.29 bits per heavy atom. The first-order valence-corrected chi connectivity index (χ1v) is 8.14. The smallest absolute Gasteiger partial charge is 0.263 e. The predicted molar refractivity (Wildman–Crippen MR) is 89.6 cm³/mol. The molecule has 0 saturated carbocycles. The van der Waals surface area contributed by atoms with Crippen LogP contribution >= 0.6 is 11.3 Å². The Kier molecular flexibility index (Phi) is 3.50. The van der Waals surface area contributed by atoms with Gasteiger partial charge in [-0.1, -0.05) is 17.3 Å². The number of fused-ring (bicyclic) bond motifs is 1. The van der Waals surface area contributed by atoms with E-state index in [9.17, 15) is 9.18 Å². The van der Waals surface area contributed by atoms with Gasteiger partial charge in [0.2, 0.25) is 0 Å². The van der Waals surface area contributed by atoms with Crippen molar-refractivity contribution in [1.29, 1.82) is 0 Å². The average molecular weight is 341 g/mol. The summed E-state index contributed by atoms with van der Waals surface area (Å²) < 4.78 is 19.8. The zero-order valence-corrected chi connectivity index (χ0v) is 13.5. The number of nitrogens with zero attached hydrogens (tertiary/aromatic N) is 3. The molecule has 0 spiro atoms. The van der Waals surface area contributed by atoms with Crippen LogP contribution in [0.15, 0.2) is 51.4 Å². The largest absolute Gasteiger partial charge is 0.359 e. The molecule has 0 radical (unpaired) electrons. The van der Waals surface area contributed by atoms with Crippen LogP contribution in [0.2, 0.25) is 0 Å². The molecule has 0 N–H and O–H groups in total. The summed E-state index contributed by atoms with van der Waals surface area (Å²) in [6.07, 6.45) is 1.51. The summed E-state index contributed by atoms with van der Waals surface area (Å²) in [5, 5.41) is 6.23. The molecule has 3 heterocycles. The van der Waals surface area contributed by atoms with Gasteiger partial charge in [0.15, 0.2) is 5.76 Å². The summed E-state index contributed by atoms with van der Waals surface area (Å²) >= 11 is 1.39. The molecule has 0 aliphatic rings. The molecule has 3 aromatic heterocycles. The average Bonchev–Trinajstić information content (AvgIpc) is 3.18. The van der Waals surface area contributed by atoms with Gasteiger partial charge in [-0.2, -0.15) is 0 Å². The zero-order valence-electron chi connectivity index (χ0n) is 12.7. The zero-order chi connectivity index (χ0) is 16.7. The van der Waals surface area contributed by atoms with Crippen molar-refractivity contribution in [3.05, 3.63) is 69.7 Å². The molecule has 4 rings (SSSR count). The third-order valence-corrected chi connectivity index (χ3v) is 4.61. The molecule has 1 aromatic carbocycles. The van der Waals surface area contributed by atoms with Crippen LogP contribution in [0.5, 0.6) is 0 Å². The van der Waals surface area contributed by atoms with Gasteiger partial charge in [-0.15, -0.1) is 11.3 Å². The van der Waals surface area contributed by atoms with E-state index in [0.29, 0.717) is 16.0 Å². The minimum atomic E-state index is -0.311. The van der Waals surface area contributed by atoms with Gasteiger partial charge in [-0.05, 0) is 24.6 Å². The lowest BCUT2D eigenvalue weighted by atomic mass is 10.1. The van der Waals surface area contributed by atoms with Crippen LogP contribution in [0.3, 0.4) is 0 Å². The van der Waals surface area contributed by atoms with E-state index in [-0.39, 0.29) is 17.9 Å². The van der Waals surface area contributed by atoms with Gasteiger partial charge in [-0.3, -0.25) is 9.36 Å².